The first kappa shape index (κ1) is 8.32. The van der Waals surface area contributed by atoms with Gasteiger partial charge in [0.15, 0.2) is 0 Å². The van der Waals surface area contributed by atoms with Gasteiger partial charge in [-0.3, -0.25) is 0 Å². The lowest BCUT2D eigenvalue weighted by atomic mass is 9.98. The summed E-state index contributed by atoms with van der Waals surface area (Å²) in [6, 6.07) is 5.53. The van der Waals surface area contributed by atoms with E-state index in [1.165, 1.54) is 22.3 Å². The van der Waals surface area contributed by atoms with E-state index < -0.39 is 0 Å². The molecule has 11 heavy (non-hydrogen) atoms. The zero-order valence-electron chi connectivity index (χ0n) is 7.78. The Morgan fingerprint density at radius 2 is 1.91 bits per heavy atom. The molecule has 0 heterocycles. The predicted octanol–water partition coefficient (Wildman–Crippen LogP) is 2.97. The van der Waals surface area contributed by atoms with Crippen molar-refractivity contribution < 1.29 is 0 Å². The van der Waals surface area contributed by atoms with Crippen LogP contribution in [0.4, 0.5) is 0 Å². The van der Waals surface area contributed by atoms with Crippen LogP contribution >= 0.6 is 0 Å². The SMILES string of the molecule is CCc1c(C)[c]c(C)cc1C. The Labute approximate surface area is 69.3 Å². The van der Waals surface area contributed by atoms with Crippen molar-refractivity contribution in [1.29, 1.82) is 0 Å². The zero-order chi connectivity index (χ0) is 8.43. The summed E-state index contributed by atoms with van der Waals surface area (Å²) in [7, 11) is 0. The molecule has 1 aromatic rings. The summed E-state index contributed by atoms with van der Waals surface area (Å²) < 4.78 is 0. The molecule has 0 fully saturated rings. The molecule has 0 amide bonds. The van der Waals surface area contributed by atoms with E-state index in [1.807, 2.05) is 0 Å². The van der Waals surface area contributed by atoms with E-state index in [2.05, 4.69) is 39.8 Å². The summed E-state index contributed by atoms with van der Waals surface area (Å²) >= 11 is 0. The third-order valence-corrected chi connectivity index (χ3v) is 2.10. The van der Waals surface area contributed by atoms with Crippen molar-refractivity contribution in [1.82, 2.24) is 0 Å². The van der Waals surface area contributed by atoms with Crippen LogP contribution < -0.4 is 0 Å². The Morgan fingerprint density at radius 3 is 2.36 bits per heavy atom. The second-order valence-electron chi connectivity index (χ2n) is 3.09. The number of hydrogen-bond donors (Lipinski definition) is 0. The van der Waals surface area contributed by atoms with Gasteiger partial charge < -0.3 is 0 Å². The van der Waals surface area contributed by atoms with E-state index in [4.69, 9.17) is 0 Å². The second kappa shape index (κ2) is 3.08. The molecule has 0 saturated heterocycles. The fourth-order valence-electron chi connectivity index (χ4n) is 1.66. The Balaban J connectivity index is 3.25. The van der Waals surface area contributed by atoms with Gasteiger partial charge in [0.1, 0.15) is 0 Å². The molecule has 1 aromatic carbocycles. The zero-order valence-corrected chi connectivity index (χ0v) is 7.78. The molecule has 0 aromatic heterocycles. The lowest BCUT2D eigenvalue weighted by Crippen LogP contribution is -1.92. The van der Waals surface area contributed by atoms with Crippen molar-refractivity contribution in [3.05, 3.63) is 34.4 Å². The molecular weight excluding hydrogens is 132 g/mol. The first-order chi connectivity index (χ1) is 5.15. The van der Waals surface area contributed by atoms with Crippen LogP contribution in [0.3, 0.4) is 0 Å². The van der Waals surface area contributed by atoms with Gasteiger partial charge in [-0.25, -0.2) is 0 Å². The minimum absolute atomic E-state index is 1.12. The van der Waals surface area contributed by atoms with E-state index >= 15 is 0 Å². The van der Waals surface area contributed by atoms with E-state index in [1.54, 1.807) is 0 Å². The monoisotopic (exact) mass is 147 g/mol. The maximum atomic E-state index is 3.33. The van der Waals surface area contributed by atoms with Crippen LogP contribution in [-0.2, 0) is 6.42 Å². The van der Waals surface area contributed by atoms with Crippen LogP contribution in [0.25, 0.3) is 0 Å². The molecule has 0 atom stereocenters. The molecule has 0 aliphatic rings. The molecule has 1 radical (unpaired) electrons. The lowest BCUT2D eigenvalue weighted by molar-refractivity contribution is 1.07. The van der Waals surface area contributed by atoms with Gasteiger partial charge in [-0.15, -0.1) is 0 Å². The summed E-state index contributed by atoms with van der Waals surface area (Å²) in [4.78, 5) is 0. The number of hydrogen-bond acceptors (Lipinski definition) is 0. The summed E-state index contributed by atoms with van der Waals surface area (Å²) in [5, 5.41) is 0. The van der Waals surface area contributed by atoms with Gasteiger partial charge in [-0.2, -0.15) is 0 Å². The normalized spacial score (nSPS) is 10.2. The fourth-order valence-corrected chi connectivity index (χ4v) is 1.66. The third kappa shape index (κ3) is 1.62. The Hall–Kier alpha value is -0.780. The highest BCUT2D eigenvalue weighted by Gasteiger charge is 2.00. The molecule has 0 heteroatoms. The Bertz CT molecular complexity index is 236. The van der Waals surface area contributed by atoms with Crippen LogP contribution in [0.1, 0.15) is 29.2 Å². The molecule has 1 rings (SSSR count). The van der Waals surface area contributed by atoms with Crippen LogP contribution in [0.2, 0.25) is 0 Å². The summed E-state index contributed by atoms with van der Waals surface area (Å²) in [5.74, 6) is 0. The molecule has 0 saturated carbocycles. The van der Waals surface area contributed by atoms with Gasteiger partial charge in [0.2, 0.25) is 0 Å². The summed E-state index contributed by atoms with van der Waals surface area (Å²) in [6.45, 7) is 8.60. The molecule has 0 N–H and O–H groups in total. The Kier molecular flexibility index (Phi) is 2.33. The van der Waals surface area contributed by atoms with E-state index in [-0.39, 0.29) is 0 Å². The average Bonchev–Trinajstić information content (AvgIpc) is 1.85. The molecule has 0 unspecified atom stereocenters. The number of benzene rings is 1. The Morgan fingerprint density at radius 1 is 1.27 bits per heavy atom. The molecule has 0 aliphatic carbocycles. The van der Waals surface area contributed by atoms with E-state index in [0.29, 0.717) is 0 Å². The number of aryl methyl sites for hydroxylation is 3. The van der Waals surface area contributed by atoms with Crippen LogP contribution in [0, 0.1) is 26.8 Å². The highest BCUT2D eigenvalue weighted by atomic mass is 14.0. The van der Waals surface area contributed by atoms with Crippen LogP contribution in [0.15, 0.2) is 6.07 Å². The van der Waals surface area contributed by atoms with Crippen molar-refractivity contribution in [3.8, 4) is 0 Å². The first-order valence-electron chi connectivity index (χ1n) is 4.14. The minimum atomic E-state index is 1.12. The van der Waals surface area contributed by atoms with E-state index in [0.717, 1.165) is 6.42 Å². The van der Waals surface area contributed by atoms with Gasteiger partial charge in [0.25, 0.3) is 0 Å². The standard InChI is InChI=1S/C11H15/c1-5-11-9(3)6-8(2)7-10(11)4/h6H,5H2,1-4H3. The quantitative estimate of drug-likeness (QED) is 0.573. The molecule has 0 aliphatic heterocycles. The van der Waals surface area contributed by atoms with Crippen LogP contribution in [0.5, 0.6) is 0 Å². The van der Waals surface area contributed by atoms with Gasteiger partial charge in [-0.05, 0) is 55.5 Å². The average molecular weight is 147 g/mol. The topological polar surface area (TPSA) is 0 Å². The minimum Gasteiger partial charge on any atom is -0.0613 e. The summed E-state index contributed by atoms with van der Waals surface area (Å²) in [5.41, 5.74) is 5.42. The molecule has 0 spiro atoms. The van der Waals surface area contributed by atoms with Crippen molar-refractivity contribution in [3.63, 3.8) is 0 Å². The maximum Gasteiger partial charge on any atom is -0.0117 e. The van der Waals surface area contributed by atoms with Gasteiger partial charge in [0, 0.05) is 0 Å². The smallest absolute Gasteiger partial charge is 0.0117 e. The lowest BCUT2D eigenvalue weighted by Gasteiger charge is -2.07. The fraction of sp³-hybridized carbons (Fsp3) is 0.455. The van der Waals surface area contributed by atoms with Crippen molar-refractivity contribution in [2.45, 2.75) is 34.1 Å². The predicted molar refractivity (Wildman–Crippen MR) is 48.9 cm³/mol. The third-order valence-electron chi connectivity index (χ3n) is 2.10. The number of rotatable bonds is 1. The van der Waals surface area contributed by atoms with Gasteiger partial charge in [-0.1, -0.05) is 13.0 Å². The van der Waals surface area contributed by atoms with Crippen molar-refractivity contribution in [2.75, 3.05) is 0 Å². The second-order valence-corrected chi connectivity index (χ2v) is 3.09. The first-order valence-corrected chi connectivity index (χ1v) is 4.14. The highest BCUT2D eigenvalue weighted by Crippen LogP contribution is 2.15. The largest absolute Gasteiger partial charge is 0.0613 e. The van der Waals surface area contributed by atoms with Crippen LogP contribution in [-0.4, -0.2) is 0 Å². The maximum absolute atomic E-state index is 3.33. The molecule has 59 valence electrons. The van der Waals surface area contributed by atoms with Crippen molar-refractivity contribution >= 4 is 0 Å². The molecule has 0 bridgehead atoms. The molecular formula is C11H15. The van der Waals surface area contributed by atoms with Crippen molar-refractivity contribution in [2.24, 2.45) is 0 Å². The van der Waals surface area contributed by atoms with Gasteiger partial charge in [0.05, 0.1) is 0 Å². The van der Waals surface area contributed by atoms with E-state index in [9.17, 15) is 0 Å². The summed E-state index contributed by atoms with van der Waals surface area (Å²) in [6.07, 6.45) is 1.12. The molecule has 0 nitrogen and oxygen atoms in total. The highest BCUT2D eigenvalue weighted by molar-refractivity contribution is 5.36. The van der Waals surface area contributed by atoms with Gasteiger partial charge >= 0.3 is 0 Å².